The lowest BCUT2D eigenvalue weighted by Crippen LogP contribution is -2.38. The second-order valence-electron chi connectivity index (χ2n) is 6.01. The normalized spacial score (nSPS) is 25.2. The number of hydrogen-bond acceptors (Lipinski definition) is 4. The maximum atomic E-state index is 12.5. The molecule has 0 saturated carbocycles. The fraction of sp³-hybridized carbons (Fsp3) is 0.533. The zero-order chi connectivity index (χ0) is 15.0. The Hall–Kier alpha value is -1.95. The van der Waals surface area contributed by atoms with Crippen molar-refractivity contribution in [2.45, 2.75) is 0 Å². The maximum Gasteiger partial charge on any atom is 0.236 e. The van der Waals surface area contributed by atoms with Crippen molar-refractivity contribution in [1.29, 1.82) is 0 Å². The molecule has 0 unspecified atom stereocenters. The number of likely N-dealkylation sites (N-methyl/N-ethyl adjacent to an activating group) is 1. The third-order valence-electron chi connectivity index (χ3n) is 4.33. The van der Waals surface area contributed by atoms with E-state index < -0.39 is 0 Å². The molecule has 2 saturated heterocycles. The molecule has 0 radical (unpaired) electrons. The average Bonchev–Trinajstić information content (AvgIpc) is 2.99. The lowest BCUT2D eigenvalue weighted by atomic mass is 10.0. The fourth-order valence-corrected chi connectivity index (χ4v) is 3.16. The molecular formula is C15H20N4O2. The molecule has 2 fully saturated rings. The van der Waals surface area contributed by atoms with Crippen molar-refractivity contribution in [2.75, 3.05) is 45.2 Å². The summed E-state index contributed by atoms with van der Waals surface area (Å²) in [6.45, 7) is 2.62. The van der Waals surface area contributed by atoms with Crippen molar-refractivity contribution in [3.63, 3.8) is 0 Å². The molecule has 1 aromatic rings. The van der Waals surface area contributed by atoms with E-state index in [2.05, 4.69) is 9.88 Å². The van der Waals surface area contributed by atoms with E-state index in [4.69, 9.17) is 0 Å². The van der Waals surface area contributed by atoms with E-state index in [-0.39, 0.29) is 17.7 Å². The lowest BCUT2D eigenvalue weighted by molar-refractivity contribution is -0.130. The highest BCUT2D eigenvalue weighted by molar-refractivity contribution is 5.98. The lowest BCUT2D eigenvalue weighted by Gasteiger charge is -2.22. The van der Waals surface area contributed by atoms with E-state index in [1.807, 2.05) is 17.0 Å². The van der Waals surface area contributed by atoms with Gasteiger partial charge in [-0.05, 0) is 12.1 Å². The van der Waals surface area contributed by atoms with Gasteiger partial charge in [0.15, 0.2) is 0 Å². The third-order valence-corrected chi connectivity index (χ3v) is 4.33. The van der Waals surface area contributed by atoms with Crippen molar-refractivity contribution >= 4 is 17.5 Å². The van der Waals surface area contributed by atoms with E-state index >= 15 is 0 Å². The van der Waals surface area contributed by atoms with Gasteiger partial charge in [-0.25, -0.2) is 0 Å². The summed E-state index contributed by atoms with van der Waals surface area (Å²) in [5, 5.41) is 0. The zero-order valence-electron chi connectivity index (χ0n) is 12.4. The van der Waals surface area contributed by atoms with Gasteiger partial charge < -0.3 is 9.80 Å². The summed E-state index contributed by atoms with van der Waals surface area (Å²) in [5.74, 6) is 0.576. The Morgan fingerprint density at radius 1 is 1.38 bits per heavy atom. The average molecular weight is 288 g/mol. The first-order chi connectivity index (χ1) is 10.1. The van der Waals surface area contributed by atoms with E-state index in [1.54, 1.807) is 31.4 Å². The minimum atomic E-state index is 0.0140. The standard InChI is InChI=1S/C15H20N4O2/c1-17(2)14(20)10-18-7-11-8-19(15(21)13(11)9-18)12-4-3-5-16-6-12/h3-6,11,13H,7-10H2,1-2H3/t11-,13-/m1/s1. The third kappa shape index (κ3) is 2.63. The quantitative estimate of drug-likeness (QED) is 0.789. The minimum Gasteiger partial charge on any atom is -0.348 e. The number of hydrogen-bond donors (Lipinski definition) is 0. The van der Waals surface area contributed by atoms with Crippen molar-refractivity contribution in [2.24, 2.45) is 11.8 Å². The first-order valence-corrected chi connectivity index (χ1v) is 7.20. The molecule has 2 amide bonds. The number of likely N-dealkylation sites (tertiary alicyclic amines) is 1. The summed E-state index contributed by atoms with van der Waals surface area (Å²) in [4.78, 5) is 33.9. The number of carbonyl (C=O) groups excluding carboxylic acids is 2. The summed E-state index contributed by atoms with van der Waals surface area (Å²) in [6, 6.07) is 3.76. The molecule has 1 aromatic heterocycles. The van der Waals surface area contributed by atoms with Gasteiger partial charge in [-0.2, -0.15) is 0 Å². The number of fused-ring (bicyclic) bond motifs is 1. The predicted octanol–water partition coefficient (Wildman–Crippen LogP) is 0.0644. The molecule has 2 atom stereocenters. The van der Waals surface area contributed by atoms with Crippen LogP contribution in [0.5, 0.6) is 0 Å². The maximum absolute atomic E-state index is 12.5. The molecule has 0 aromatic carbocycles. The molecule has 0 bridgehead atoms. The highest BCUT2D eigenvalue weighted by atomic mass is 16.2. The predicted molar refractivity (Wildman–Crippen MR) is 78.7 cm³/mol. The fourth-order valence-electron chi connectivity index (χ4n) is 3.16. The van der Waals surface area contributed by atoms with Gasteiger partial charge in [0.05, 0.1) is 24.3 Å². The molecule has 3 heterocycles. The Bertz CT molecular complexity index is 546. The number of amides is 2. The Kier molecular flexibility index (Phi) is 3.63. The van der Waals surface area contributed by atoms with Gasteiger partial charge in [0.1, 0.15) is 0 Å². The van der Waals surface area contributed by atoms with Gasteiger partial charge in [-0.15, -0.1) is 0 Å². The molecular weight excluding hydrogens is 268 g/mol. The molecule has 6 heteroatoms. The highest BCUT2D eigenvalue weighted by Gasteiger charge is 2.46. The summed E-state index contributed by atoms with van der Waals surface area (Å²) >= 11 is 0. The number of nitrogens with zero attached hydrogens (tertiary/aromatic N) is 4. The number of anilines is 1. The van der Waals surface area contributed by atoms with Gasteiger partial charge in [-0.1, -0.05) is 0 Å². The summed E-state index contributed by atoms with van der Waals surface area (Å²) in [7, 11) is 3.52. The van der Waals surface area contributed by atoms with Crippen molar-refractivity contribution in [3.05, 3.63) is 24.5 Å². The molecule has 0 aliphatic carbocycles. The van der Waals surface area contributed by atoms with E-state index in [9.17, 15) is 9.59 Å². The van der Waals surface area contributed by atoms with Crippen LogP contribution < -0.4 is 4.90 Å². The van der Waals surface area contributed by atoms with Gasteiger partial charge >= 0.3 is 0 Å². The van der Waals surface area contributed by atoms with Crippen LogP contribution in [0.3, 0.4) is 0 Å². The summed E-state index contributed by atoms with van der Waals surface area (Å²) < 4.78 is 0. The van der Waals surface area contributed by atoms with Crippen LogP contribution in [0.25, 0.3) is 0 Å². The second-order valence-corrected chi connectivity index (χ2v) is 6.01. The van der Waals surface area contributed by atoms with E-state index in [1.165, 1.54) is 0 Å². The summed E-state index contributed by atoms with van der Waals surface area (Å²) in [6.07, 6.45) is 3.44. The van der Waals surface area contributed by atoms with Crippen LogP contribution in [0.2, 0.25) is 0 Å². The second kappa shape index (κ2) is 5.44. The molecule has 112 valence electrons. The van der Waals surface area contributed by atoms with Crippen LogP contribution in [0, 0.1) is 11.8 Å². The van der Waals surface area contributed by atoms with Crippen LogP contribution in [0.15, 0.2) is 24.5 Å². The number of rotatable bonds is 3. The van der Waals surface area contributed by atoms with Crippen LogP contribution in [-0.2, 0) is 9.59 Å². The molecule has 3 rings (SSSR count). The van der Waals surface area contributed by atoms with E-state index in [0.717, 1.165) is 18.8 Å². The largest absolute Gasteiger partial charge is 0.348 e. The van der Waals surface area contributed by atoms with Crippen LogP contribution in [0.4, 0.5) is 5.69 Å². The highest BCUT2D eigenvalue weighted by Crippen LogP contribution is 2.34. The Morgan fingerprint density at radius 2 is 2.19 bits per heavy atom. The van der Waals surface area contributed by atoms with Crippen LogP contribution in [-0.4, -0.2) is 66.9 Å². The van der Waals surface area contributed by atoms with Crippen molar-refractivity contribution < 1.29 is 9.59 Å². The molecule has 21 heavy (non-hydrogen) atoms. The van der Waals surface area contributed by atoms with E-state index in [0.29, 0.717) is 19.0 Å². The minimum absolute atomic E-state index is 0.0140. The number of pyridine rings is 1. The summed E-state index contributed by atoms with van der Waals surface area (Å²) in [5.41, 5.74) is 0.868. The van der Waals surface area contributed by atoms with Gasteiger partial charge in [0.25, 0.3) is 0 Å². The zero-order valence-corrected chi connectivity index (χ0v) is 12.4. The van der Waals surface area contributed by atoms with Crippen molar-refractivity contribution in [1.82, 2.24) is 14.8 Å². The van der Waals surface area contributed by atoms with Gasteiger partial charge in [0.2, 0.25) is 11.8 Å². The smallest absolute Gasteiger partial charge is 0.236 e. The van der Waals surface area contributed by atoms with Gasteiger partial charge in [-0.3, -0.25) is 19.5 Å². The van der Waals surface area contributed by atoms with Gasteiger partial charge in [0, 0.05) is 45.8 Å². The number of aromatic nitrogens is 1. The monoisotopic (exact) mass is 288 g/mol. The van der Waals surface area contributed by atoms with Crippen molar-refractivity contribution in [3.8, 4) is 0 Å². The molecule has 2 aliphatic heterocycles. The molecule has 2 aliphatic rings. The SMILES string of the molecule is CN(C)C(=O)CN1C[C@@H]2CN(c3cccnc3)C(=O)[C@@H]2C1. The first kappa shape index (κ1) is 14.0. The Labute approximate surface area is 124 Å². The Morgan fingerprint density at radius 3 is 2.81 bits per heavy atom. The van der Waals surface area contributed by atoms with Crippen LogP contribution >= 0.6 is 0 Å². The molecule has 0 N–H and O–H groups in total. The number of carbonyl (C=O) groups is 2. The molecule has 6 nitrogen and oxygen atoms in total. The topological polar surface area (TPSA) is 56.8 Å². The Balaban J connectivity index is 1.65. The van der Waals surface area contributed by atoms with Crippen LogP contribution in [0.1, 0.15) is 0 Å². The first-order valence-electron chi connectivity index (χ1n) is 7.20. The molecule has 0 spiro atoms.